The third-order valence-electron chi connectivity index (χ3n) is 4.82. The van der Waals surface area contributed by atoms with E-state index in [9.17, 15) is 0 Å². The van der Waals surface area contributed by atoms with Gasteiger partial charge >= 0.3 is 0 Å². The molecule has 1 N–H and O–H groups in total. The molecule has 0 atom stereocenters. The number of rotatable bonds is 3. The molecule has 1 saturated carbocycles. The number of aryl methyl sites for hydroxylation is 1. The van der Waals surface area contributed by atoms with Crippen LogP contribution in [-0.4, -0.2) is 50.8 Å². The Bertz CT molecular complexity index is 533. The molecule has 7 heteroatoms. The summed E-state index contributed by atoms with van der Waals surface area (Å²) in [5.74, 6) is 2.29. The smallest absolute Gasteiger partial charge is 0.194 e. The predicted octanol–water partition coefficient (Wildman–Crippen LogP) is 3.26. The van der Waals surface area contributed by atoms with Crippen LogP contribution in [0.15, 0.2) is 17.4 Å². The van der Waals surface area contributed by atoms with Crippen molar-refractivity contribution in [1.82, 2.24) is 20.0 Å². The van der Waals surface area contributed by atoms with Crippen molar-refractivity contribution in [3.63, 3.8) is 0 Å². The maximum atomic E-state index is 4.87. The minimum Gasteiger partial charge on any atom is -0.357 e. The number of thioether (sulfide) groups is 1. The second kappa shape index (κ2) is 9.31. The van der Waals surface area contributed by atoms with Gasteiger partial charge in [0.1, 0.15) is 0 Å². The lowest BCUT2D eigenvalue weighted by Gasteiger charge is -2.45. The van der Waals surface area contributed by atoms with Crippen LogP contribution in [0.2, 0.25) is 0 Å². The second-order valence-corrected chi connectivity index (χ2v) is 8.27. The zero-order chi connectivity index (χ0) is 16.1. The first-order valence-electron chi connectivity index (χ1n) is 8.85. The fourth-order valence-corrected chi connectivity index (χ4v) is 5.24. The van der Waals surface area contributed by atoms with Gasteiger partial charge in [0.15, 0.2) is 5.96 Å². The fraction of sp³-hybridized carbons (Fsp3) is 0.765. The number of halogens is 1. The van der Waals surface area contributed by atoms with Crippen LogP contribution in [-0.2, 0) is 13.6 Å². The lowest BCUT2D eigenvalue weighted by molar-refractivity contribution is 0.293. The molecule has 2 heterocycles. The average Bonchev–Trinajstić information content (AvgIpc) is 2.98. The Balaban J connectivity index is 0.00000208. The van der Waals surface area contributed by atoms with E-state index in [-0.39, 0.29) is 24.0 Å². The summed E-state index contributed by atoms with van der Waals surface area (Å²) in [5.41, 5.74) is 1.17. The Morgan fingerprint density at radius 1 is 1.38 bits per heavy atom. The summed E-state index contributed by atoms with van der Waals surface area (Å²) in [6.45, 7) is 6.02. The SMILES string of the molecule is CCNC(=NCc1cnn(C)c1)N1CCSC2(CCCCC2)C1.I. The molecule has 1 aliphatic heterocycles. The van der Waals surface area contributed by atoms with Gasteiger partial charge in [0.05, 0.1) is 12.7 Å². The Hall–Kier alpha value is -0.440. The third-order valence-corrected chi connectivity index (χ3v) is 6.35. The highest BCUT2D eigenvalue weighted by molar-refractivity contribution is 14.0. The number of nitrogens with one attached hydrogen (secondary N) is 1. The van der Waals surface area contributed by atoms with E-state index in [2.05, 4.69) is 34.0 Å². The van der Waals surface area contributed by atoms with Crippen molar-refractivity contribution in [2.75, 3.05) is 25.4 Å². The van der Waals surface area contributed by atoms with Crippen LogP contribution < -0.4 is 5.32 Å². The predicted molar refractivity (Wildman–Crippen MR) is 113 cm³/mol. The molecule has 2 aliphatic rings. The Kier molecular flexibility index (Phi) is 7.71. The van der Waals surface area contributed by atoms with E-state index >= 15 is 0 Å². The third kappa shape index (κ3) is 5.03. The van der Waals surface area contributed by atoms with E-state index in [1.165, 1.54) is 43.4 Å². The van der Waals surface area contributed by atoms with E-state index < -0.39 is 0 Å². The summed E-state index contributed by atoms with van der Waals surface area (Å²) in [4.78, 5) is 7.36. The number of hydrogen-bond donors (Lipinski definition) is 1. The molecule has 5 nitrogen and oxygen atoms in total. The van der Waals surface area contributed by atoms with E-state index in [1.807, 2.05) is 24.1 Å². The highest BCUT2D eigenvalue weighted by atomic mass is 127. The molecule has 24 heavy (non-hydrogen) atoms. The van der Waals surface area contributed by atoms with Crippen molar-refractivity contribution < 1.29 is 0 Å². The highest BCUT2D eigenvalue weighted by Gasteiger charge is 2.38. The number of aromatic nitrogens is 2. The minimum absolute atomic E-state index is 0. The van der Waals surface area contributed by atoms with Crippen LogP contribution in [0.1, 0.15) is 44.6 Å². The van der Waals surface area contributed by atoms with Gasteiger partial charge in [-0.1, -0.05) is 19.3 Å². The molecule has 0 unspecified atom stereocenters. The number of aliphatic imine (C=N–C) groups is 1. The number of nitrogens with zero attached hydrogens (tertiary/aromatic N) is 4. The minimum atomic E-state index is 0. The van der Waals surface area contributed by atoms with Gasteiger partial charge in [0.2, 0.25) is 0 Å². The van der Waals surface area contributed by atoms with Crippen LogP contribution in [0, 0.1) is 0 Å². The summed E-state index contributed by atoms with van der Waals surface area (Å²) in [7, 11) is 1.95. The van der Waals surface area contributed by atoms with Gasteiger partial charge in [0, 0.05) is 48.9 Å². The molecule has 136 valence electrons. The van der Waals surface area contributed by atoms with Crippen molar-refractivity contribution >= 4 is 41.7 Å². The van der Waals surface area contributed by atoms with E-state index in [4.69, 9.17) is 4.99 Å². The summed E-state index contributed by atoms with van der Waals surface area (Å²) in [6, 6.07) is 0. The molecule has 1 aromatic rings. The normalized spacial score (nSPS) is 20.8. The first kappa shape index (κ1) is 19.9. The highest BCUT2D eigenvalue weighted by Crippen LogP contribution is 2.42. The van der Waals surface area contributed by atoms with Crippen molar-refractivity contribution in [1.29, 1.82) is 0 Å². The largest absolute Gasteiger partial charge is 0.357 e. The van der Waals surface area contributed by atoms with Gasteiger partial charge < -0.3 is 10.2 Å². The van der Waals surface area contributed by atoms with E-state index in [0.717, 1.165) is 25.6 Å². The standard InChI is InChI=1S/C17H29N5S.HI/c1-3-18-16(19-11-15-12-20-21(2)13-15)22-9-10-23-17(14-22)7-5-4-6-8-17;/h12-13H,3-11,14H2,1-2H3,(H,18,19);1H. The van der Waals surface area contributed by atoms with Crippen molar-refractivity contribution in [3.05, 3.63) is 18.0 Å². The Morgan fingerprint density at radius 2 is 2.17 bits per heavy atom. The summed E-state index contributed by atoms with van der Waals surface area (Å²) in [5, 5.41) is 7.72. The fourth-order valence-electron chi connectivity index (χ4n) is 3.67. The molecule has 1 aliphatic carbocycles. The monoisotopic (exact) mass is 463 g/mol. The van der Waals surface area contributed by atoms with Crippen LogP contribution in [0.3, 0.4) is 0 Å². The molecule has 1 spiro atoms. The molecule has 2 fully saturated rings. The van der Waals surface area contributed by atoms with Crippen molar-refractivity contribution in [3.8, 4) is 0 Å². The lowest BCUT2D eigenvalue weighted by atomic mass is 9.87. The van der Waals surface area contributed by atoms with E-state index in [0.29, 0.717) is 11.3 Å². The first-order chi connectivity index (χ1) is 11.2. The second-order valence-electron chi connectivity index (χ2n) is 6.71. The Labute approximate surface area is 167 Å². The van der Waals surface area contributed by atoms with Gasteiger partial charge in [-0.15, -0.1) is 24.0 Å². The van der Waals surface area contributed by atoms with Gasteiger partial charge in [-0.05, 0) is 19.8 Å². The van der Waals surface area contributed by atoms with Gasteiger partial charge in [-0.25, -0.2) is 4.99 Å². The maximum Gasteiger partial charge on any atom is 0.194 e. The molecule has 0 bridgehead atoms. The van der Waals surface area contributed by atoms with Gasteiger partial charge in [0.25, 0.3) is 0 Å². The lowest BCUT2D eigenvalue weighted by Crippen LogP contribution is -2.53. The quantitative estimate of drug-likeness (QED) is 0.425. The molecule has 0 amide bonds. The Morgan fingerprint density at radius 3 is 2.83 bits per heavy atom. The molecular formula is C17H30IN5S. The first-order valence-corrected chi connectivity index (χ1v) is 9.84. The molecule has 1 aromatic heterocycles. The molecule has 3 rings (SSSR count). The maximum absolute atomic E-state index is 4.87. The van der Waals surface area contributed by atoms with Crippen LogP contribution >= 0.6 is 35.7 Å². The van der Waals surface area contributed by atoms with Gasteiger partial charge in [-0.3, -0.25) is 4.68 Å². The summed E-state index contributed by atoms with van der Waals surface area (Å²) in [6.07, 6.45) is 10.9. The molecular weight excluding hydrogens is 433 g/mol. The van der Waals surface area contributed by atoms with Crippen LogP contribution in [0.4, 0.5) is 0 Å². The van der Waals surface area contributed by atoms with Crippen LogP contribution in [0.5, 0.6) is 0 Å². The summed E-state index contributed by atoms with van der Waals surface area (Å²) < 4.78 is 2.31. The number of hydrogen-bond acceptors (Lipinski definition) is 3. The molecule has 0 radical (unpaired) electrons. The zero-order valence-corrected chi connectivity index (χ0v) is 18.0. The van der Waals surface area contributed by atoms with E-state index in [1.54, 1.807) is 0 Å². The topological polar surface area (TPSA) is 45.5 Å². The molecule has 0 aromatic carbocycles. The zero-order valence-electron chi connectivity index (χ0n) is 14.8. The van der Waals surface area contributed by atoms with Gasteiger partial charge in [-0.2, -0.15) is 16.9 Å². The molecule has 1 saturated heterocycles. The van der Waals surface area contributed by atoms with Crippen molar-refractivity contribution in [2.24, 2.45) is 12.0 Å². The number of guanidine groups is 1. The summed E-state index contributed by atoms with van der Waals surface area (Å²) >= 11 is 2.21. The average molecular weight is 463 g/mol. The van der Waals surface area contributed by atoms with Crippen molar-refractivity contribution in [2.45, 2.75) is 50.3 Å². The van der Waals surface area contributed by atoms with Crippen LogP contribution in [0.25, 0.3) is 0 Å².